The number of nitrogens with one attached hydrogen (secondary N) is 1. The molecule has 162 valence electrons. The second-order valence-electron chi connectivity index (χ2n) is 8.87. The first-order chi connectivity index (χ1) is 14.9. The third kappa shape index (κ3) is 4.63. The van der Waals surface area contributed by atoms with Crippen LogP contribution in [-0.2, 0) is 23.2 Å². The van der Waals surface area contributed by atoms with Crippen LogP contribution in [0.15, 0.2) is 54.6 Å². The highest BCUT2D eigenvalue weighted by molar-refractivity contribution is 5.89. The highest BCUT2D eigenvalue weighted by Gasteiger charge is 2.35. The number of para-hydroxylation sites is 2. The molecule has 0 radical (unpaired) electrons. The highest BCUT2D eigenvalue weighted by atomic mass is 16.2. The SMILES string of the molecule is CC(C)C[C@H](NC(=O)[C@H]1CC(=O)N(Cc2ccccc2)C1)c1nc2ccccc2n1C. The topological polar surface area (TPSA) is 67.2 Å². The average molecular weight is 419 g/mol. The largest absolute Gasteiger partial charge is 0.346 e. The summed E-state index contributed by atoms with van der Waals surface area (Å²) in [5.41, 5.74) is 3.05. The molecule has 4 rings (SSSR count). The molecule has 3 aromatic rings. The maximum absolute atomic E-state index is 13.2. The smallest absolute Gasteiger partial charge is 0.226 e. The second kappa shape index (κ2) is 8.92. The van der Waals surface area contributed by atoms with Gasteiger partial charge in [0, 0.05) is 26.6 Å². The third-order valence-corrected chi connectivity index (χ3v) is 5.96. The lowest BCUT2D eigenvalue weighted by atomic mass is 10.0. The van der Waals surface area contributed by atoms with E-state index in [0.29, 0.717) is 19.0 Å². The quantitative estimate of drug-likeness (QED) is 0.634. The number of aryl methyl sites for hydroxylation is 1. The maximum Gasteiger partial charge on any atom is 0.226 e. The minimum atomic E-state index is -0.333. The number of nitrogens with zero attached hydrogens (tertiary/aromatic N) is 3. The molecule has 1 aliphatic rings. The van der Waals surface area contributed by atoms with E-state index in [4.69, 9.17) is 4.98 Å². The fourth-order valence-electron chi connectivity index (χ4n) is 4.37. The predicted molar refractivity (Wildman–Crippen MR) is 121 cm³/mol. The molecule has 2 heterocycles. The first-order valence-electron chi connectivity index (χ1n) is 11.0. The van der Waals surface area contributed by atoms with Gasteiger partial charge in [-0.25, -0.2) is 4.98 Å². The minimum Gasteiger partial charge on any atom is -0.346 e. The van der Waals surface area contributed by atoms with Crippen LogP contribution in [-0.4, -0.2) is 32.8 Å². The minimum absolute atomic E-state index is 0.0344. The number of carbonyl (C=O) groups excluding carboxylic acids is 2. The lowest BCUT2D eigenvalue weighted by molar-refractivity contribution is -0.129. The summed E-state index contributed by atoms with van der Waals surface area (Å²) in [6, 6.07) is 17.7. The molecule has 1 aliphatic heterocycles. The molecule has 1 N–H and O–H groups in total. The van der Waals surface area contributed by atoms with Crippen molar-refractivity contribution < 1.29 is 9.59 Å². The van der Waals surface area contributed by atoms with Crippen molar-refractivity contribution in [2.75, 3.05) is 6.54 Å². The molecular weight excluding hydrogens is 388 g/mol. The van der Waals surface area contributed by atoms with E-state index in [-0.39, 0.29) is 30.2 Å². The van der Waals surface area contributed by atoms with E-state index < -0.39 is 0 Å². The third-order valence-electron chi connectivity index (χ3n) is 5.96. The highest BCUT2D eigenvalue weighted by Crippen LogP contribution is 2.26. The van der Waals surface area contributed by atoms with Crippen molar-refractivity contribution in [1.82, 2.24) is 19.8 Å². The molecule has 1 aromatic heterocycles. The van der Waals surface area contributed by atoms with Crippen LogP contribution in [0.2, 0.25) is 0 Å². The molecule has 0 bridgehead atoms. The number of benzene rings is 2. The van der Waals surface area contributed by atoms with Crippen LogP contribution in [0.5, 0.6) is 0 Å². The fourth-order valence-corrected chi connectivity index (χ4v) is 4.37. The summed E-state index contributed by atoms with van der Waals surface area (Å²) >= 11 is 0. The first kappa shape index (κ1) is 21.1. The summed E-state index contributed by atoms with van der Waals surface area (Å²) in [6.07, 6.45) is 1.05. The standard InChI is InChI=1S/C25H30N4O2/c1-17(2)13-21(24-26-20-11-7-8-12-22(20)28(24)3)27-25(31)19-14-23(30)29(16-19)15-18-9-5-4-6-10-18/h4-12,17,19,21H,13-16H2,1-3H3,(H,27,31)/t19-,21-/m0/s1. The first-order valence-corrected chi connectivity index (χ1v) is 11.0. The van der Waals surface area contributed by atoms with Gasteiger partial charge in [-0.15, -0.1) is 0 Å². The Kier molecular flexibility index (Phi) is 6.07. The van der Waals surface area contributed by atoms with Gasteiger partial charge in [0.1, 0.15) is 5.82 Å². The van der Waals surface area contributed by atoms with Gasteiger partial charge in [0.15, 0.2) is 0 Å². The van der Waals surface area contributed by atoms with Crippen LogP contribution < -0.4 is 5.32 Å². The van der Waals surface area contributed by atoms with Crippen LogP contribution in [0, 0.1) is 11.8 Å². The van der Waals surface area contributed by atoms with Gasteiger partial charge in [-0.3, -0.25) is 9.59 Å². The van der Waals surface area contributed by atoms with Crippen molar-refractivity contribution in [1.29, 1.82) is 0 Å². The van der Waals surface area contributed by atoms with Crippen LogP contribution in [0.25, 0.3) is 11.0 Å². The van der Waals surface area contributed by atoms with Gasteiger partial charge in [0.2, 0.25) is 11.8 Å². The molecule has 2 amide bonds. The molecule has 0 saturated carbocycles. The number of hydrogen-bond acceptors (Lipinski definition) is 3. The summed E-state index contributed by atoms with van der Waals surface area (Å²) in [4.78, 5) is 32.3. The lowest BCUT2D eigenvalue weighted by Crippen LogP contribution is -2.37. The van der Waals surface area contributed by atoms with E-state index in [2.05, 4.69) is 23.7 Å². The van der Waals surface area contributed by atoms with Gasteiger partial charge >= 0.3 is 0 Å². The molecule has 0 spiro atoms. The van der Waals surface area contributed by atoms with Crippen molar-refractivity contribution in [3.63, 3.8) is 0 Å². The number of imidazole rings is 1. The summed E-state index contributed by atoms with van der Waals surface area (Å²) < 4.78 is 2.06. The molecular formula is C25H30N4O2. The molecule has 0 aliphatic carbocycles. The van der Waals surface area contributed by atoms with Crippen LogP contribution in [0.1, 0.15) is 44.1 Å². The molecule has 6 nitrogen and oxygen atoms in total. The normalized spacial score (nSPS) is 17.5. The molecule has 1 fully saturated rings. The monoisotopic (exact) mass is 418 g/mol. The van der Waals surface area contributed by atoms with E-state index in [9.17, 15) is 9.59 Å². The average Bonchev–Trinajstić information content (AvgIpc) is 3.28. The number of fused-ring (bicyclic) bond motifs is 1. The van der Waals surface area contributed by atoms with Gasteiger partial charge < -0.3 is 14.8 Å². The number of likely N-dealkylation sites (tertiary alicyclic amines) is 1. The zero-order valence-corrected chi connectivity index (χ0v) is 18.4. The number of amides is 2. The molecule has 0 unspecified atom stereocenters. The van der Waals surface area contributed by atoms with Crippen molar-refractivity contribution in [3.8, 4) is 0 Å². The van der Waals surface area contributed by atoms with E-state index in [1.165, 1.54) is 0 Å². The number of aromatic nitrogens is 2. The van der Waals surface area contributed by atoms with E-state index in [1.807, 2.05) is 61.6 Å². The van der Waals surface area contributed by atoms with Gasteiger partial charge in [-0.1, -0.05) is 56.3 Å². The van der Waals surface area contributed by atoms with Gasteiger partial charge in [0.05, 0.1) is 23.0 Å². The summed E-state index contributed by atoms with van der Waals surface area (Å²) in [7, 11) is 1.99. The Labute approximate surface area is 183 Å². The summed E-state index contributed by atoms with van der Waals surface area (Å²) in [5, 5.41) is 3.21. The van der Waals surface area contributed by atoms with Gasteiger partial charge in [-0.2, -0.15) is 0 Å². The van der Waals surface area contributed by atoms with Gasteiger partial charge in [0.25, 0.3) is 0 Å². The summed E-state index contributed by atoms with van der Waals surface area (Å²) in [5.74, 6) is 0.882. The van der Waals surface area contributed by atoms with Crippen molar-refractivity contribution >= 4 is 22.8 Å². The number of rotatable bonds is 7. The Morgan fingerprint density at radius 2 is 1.84 bits per heavy atom. The molecule has 31 heavy (non-hydrogen) atoms. The Hall–Kier alpha value is -3.15. The Morgan fingerprint density at radius 1 is 1.13 bits per heavy atom. The Bertz CT molecular complexity index is 1070. The Morgan fingerprint density at radius 3 is 2.55 bits per heavy atom. The number of carbonyl (C=O) groups is 2. The number of hydrogen-bond donors (Lipinski definition) is 1. The van der Waals surface area contributed by atoms with E-state index in [0.717, 1.165) is 28.8 Å². The summed E-state index contributed by atoms with van der Waals surface area (Å²) in [6.45, 7) is 5.28. The van der Waals surface area contributed by atoms with Crippen molar-refractivity contribution in [2.45, 2.75) is 39.3 Å². The van der Waals surface area contributed by atoms with Crippen molar-refractivity contribution in [3.05, 3.63) is 66.0 Å². The lowest BCUT2D eigenvalue weighted by Gasteiger charge is -2.22. The van der Waals surface area contributed by atoms with E-state index >= 15 is 0 Å². The fraction of sp³-hybridized carbons (Fsp3) is 0.400. The second-order valence-corrected chi connectivity index (χ2v) is 8.87. The van der Waals surface area contributed by atoms with Crippen LogP contribution in [0.4, 0.5) is 0 Å². The molecule has 1 saturated heterocycles. The zero-order valence-electron chi connectivity index (χ0n) is 18.4. The molecule has 2 atom stereocenters. The predicted octanol–water partition coefficient (Wildman–Crippen LogP) is 3.83. The van der Waals surface area contributed by atoms with Gasteiger partial charge in [-0.05, 0) is 30.0 Å². The maximum atomic E-state index is 13.2. The zero-order chi connectivity index (χ0) is 22.0. The van der Waals surface area contributed by atoms with Crippen LogP contribution >= 0.6 is 0 Å². The van der Waals surface area contributed by atoms with Crippen molar-refractivity contribution in [2.24, 2.45) is 18.9 Å². The molecule has 2 aromatic carbocycles. The Balaban J connectivity index is 1.49. The van der Waals surface area contributed by atoms with E-state index in [1.54, 1.807) is 4.90 Å². The molecule has 6 heteroatoms. The van der Waals surface area contributed by atoms with Crippen LogP contribution in [0.3, 0.4) is 0 Å².